The minimum absolute atomic E-state index is 0.0482. The first-order valence-corrected chi connectivity index (χ1v) is 10.6. The van der Waals surface area contributed by atoms with Crippen LogP contribution in [0.25, 0.3) is 0 Å². The molecule has 0 radical (unpaired) electrons. The summed E-state index contributed by atoms with van der Waals surface area (Å²) in [6.45, 7) is 1.63. The molecular formula is C17H23N3O5S. The van der Waals surface area contributed by atoms with E-state index in [1.54, 1.807) is 29.4 Å². The Balaban J connectivity index is 1.63. The molecule has 1 aromatic heterocycles. The number of hydrogen-bond donors (Lipinski definition) is 1. The lowest BCUT2D eigenvalue weighted by molar-refractivity contribution is -0.132. The molecule has 26 heavy (non-hydrogen) atoms. The number of carbonyl (C=O) groups excluding carboxylic acids is 2. The first kappa shape index (κ1) is 18.6. The van der Waals surface area contributed by atoms with Crippen LogP contribution in [0.3, 0.4) is 0 Å². The topological polar surface area (TPSA) is 106 Å². The van der Waals surface area contributed by atoms with Gasteiger partial charge in [-0.05, 0) is 18.6 Å². The molecule has 1 spiro atoms. The summed E-state index contributed by atoms with van der Waals surface area (Å²) < 4.78 is 28.3. The molecule has 9 heteroatoms. The number of sulfone groups is 1. The van der Waals surface area contributed by atoms with Crippen LogP contribution < -0.4 is 10.1 Å². The lowest BCUT2D eigenvalue weighted by Crippen LogP contribution is -2.41. The molecule has 0 aromatic carbocycles. The first-order chi connectivity index (χ1) is 12.3. The van der Waals surface area contributed by atoms with Crippen LogP contribution in [-0.2, 0) is 19.4 Å². The molecule has 1 aromatic rings. The number of carbonyl (C=O) groups is 2. The maximum atomic E-state index is 12.5. The number of likely N-dealkylation sites (tertiary alicyclic amines) is 1. The van der Waals surface area contributed by atoms with Gasteiger partial charge in [0.15, 0.2) is 0 Å². The second-order valence-corrected chi connectivity index (χ2v) is 9.27. The van der Waals surface area contributed by atoms with Gasteiger partial charge < -0.3 is 15.0 Å². The van der Waals surface area contributed by atoms with E-state index in [1.165, 1.54) is 0 Å². The second-order valence-electron chi connectivity index (χ2n) is 7.01. The molecule has 1 N–H and O–H groups in total. The van der Waals surface area contributed by atoms with E-state index in [0.29, 0.717) is 38.4 Å². The monoisotopic (exact) mass is 381 g/mol. The number of amides is 2. The maximum Gasteiger partial charge on any atom is 0.228 e. The van der Waals surface area contributed by atoms with Gasteiger partial charge in [-0.25, -0.2) is 8.42 Å². The molecule has 0 bridgehead atoms. The Morgan fingerprint density at radius 3 is 3.00 bits per heavy atom. The van der Waals surface area contributed by atoms with Gasteiger partial charge in [0.05, 0.1) is 24.0 Å². The van der Waals surface area contributed by atoms with E-state index in [9.17, 15) is 18.0 Å². The number of ether oxygens (including phenoxy) is 1. The van der Waals surface area contributed by atoms with Crippen molar-refractivity contribution in [2.45, 2.75) is 12.8 Å². The van der Waals surface area contributed by atoms with Gasteiger partial charge in [-0.15, -0.1) is 0 Å². The molecular weight excluding hydrogens is 358 g/mol. The summed E-state index contributed by atoms with van der Waals surface area (Å²) in [6.07, 6.45) is 4.90. The molecule has 2 atom stereocenters. The largest absolute Gasteiger partial charge is 0.492 e. The standard InChI is InChI=1S/C17H23N3O5S/c1-26(23,24)8-4-15(21)20-7-5-17(12-20)13(9-19-16(17)22)11-25-14-3-2-6-18-10-14/h2-3,6,10,13H,4-5,7-9,11-12H2,1H3,(H,19,22)/t13-,17-/m1/s1. The summed E-state index contributed by atoms with van der Waals surface area (Å²) in [4.78, 5) is 30.4. The summed E-state index contributed by atoms with van der Waals surface area (Å²) in [6, 6.07) is 3.58. The maximum absolute atomic E-state index is 12.5. The molecule has 0 saturated carbocycles. The number of nitrogens with one attached hydrogen (secondary N) is 1. The zero-order chi connectivity index (χ0) is 18.8. The molecule has 142 valence electrons. The van der Waals surface area contributed by atoms with Crippen LogP contribution in [0.2, 0.25) is 0 Å². The van der Waals surface area contributed by atoms with Gasteiger partial charge in [-0.2, -0.15) is 0 Å². The Morgan fingerprint density at radius 1 is 1.50 bits per heavy atom. The molecule has 2 fully saturated rings. The quantitative estimate of drug-likeness (QED) is 0.735. The third kappa shape index (κ3) is 3.98. The fourth-order valence-corrected chi connectivity index (χ4v) is 4.16. The number of hydrogen-bond acceptors (Lipinski definition) is 6. The molecule has 2 aliphatic heterocycles. The van der Waals surface area contributed by atoms with Crippen LogP contribution in [0.5, 0.6) is 5.75 Å². The minimum Gasteiger partial charge on any atom is -0.492 e. The van der Waals surface area contributed by atoms with Crippen LogP contribution in [0, 0.1) is 11.3 Å². The smallest absolute Gasteiger partial charge is 0.228 e. The lowest BCUT2D eigenvalue weighted by Gasteiger charge is -2.28. The van der Waals surface area contributed by atoms with Crippen molar-refractivity contribution in [3.63, 3.8) is 0 Å². The summed E-state index contributed by atoms with van der Waals surface area (Å²) >= 11 is 0. The molecule has 0 unspecified atom stereocenters. The van der Waals surface area contributed by atoms with Crippen LogP contribution in [0.1, 0.15) is 12.8 Å². The average molecular weight is 381 g/mol. The Hall–Kier alpha value is -2.16. The van der Waals surface area contributed by atoms with Gasteiger partial charge in [0.1, 0.15) is 15.6 Å². The molecule has 2 saturated heterocycles. The number of pyridine rings is 1. The molecule has 0 aliphatic carbocycles. The minimum atomic E-state index is -3.19. The second kappa shape index (κ2) is 7.22. The van der Waals surface area contributed by atoms with Gasteiger partial charge in [-0.3, -0.25) is 14.6 Å². The first-order valence-electron chi connectivity index (χ1n) is 8.57. The van der Waals surface area contributed by atoms with E-state index in [0.717, 1.165) is 6.26 Å². The molecule has 2 amide bonds. The van der Waals surface area contributed by atoms with E-state index >= 15 is 0 Å². The number of nitrogens with zero attached hydrogens (tertiary/aromatic N) is 2. The van der Waals surface area contributed by atoms with Gasteiger partial charge in [0.25, 0.3) is 0 Å². The molecule has 3 rings (SSSR count). The summed E-state index contributed by atoms with van der Waals surface area (Å²) in [7, 11) is -3.19. The van der Waals surface area contributed by atoms with E-state index < -0.39 is 15.3 Å². The van der Waals surface area contributed by atoms with Crippen molar-refractivity contribution in [2.75, 3.05) is 38.2 Å². The number of aromatic nitrogens is 1. The highest BCUT2D eigenvalue weighted by atomic mass is 32.2. The van der Waals surface area contributed by atoms with Gasteiger partial charge in [-0.1, -0.05) is 0 Å². The summed E-state index contributed by atoms with van der Waals surface area (Å²) in [5.74, 6) is 0.133. The van der Waals surface area contributed by atoms with Crippen LogP contribution in [-0.4, -0.2) is 68.4 Å². The zero-order valence-corrected chi connectivity index (χ0v) is 15.5. The highest BCUT2D eigenvalue weighted by molar-refractivity contribution is 7.90. The predicted octanol–water partition coefficient (Wildman–Crippen LogP) is -0.140. The fourth-order valence-electron chi connectivity index (χ4n) is 3.62. The predicted molar refractivity (Wildman–Crippen MR) is 94.2 cm³/mol. The van der Waals surface area contributed by atoms with Crippen LogP contribution in [0.15, 0.2) is 24.5 Å². The summed E-state index contributed by atoms with van der Waals surface area (Å²) in [5.41, 5.74) is -0.664. The van der Waals surface area contributed by atoms with Crippen molar-refractivity contribution in [2.24, 2.45) is 11.3 Å². The highest BCUT2D eigenvalue weighted by Gasteiger charge is 2.55. The van der Waals surface area contributed by atoms with Gasteiger partial charge in [0, 0.05) is 44.4 Å². The SMILES string of the molecule is CS(=O)(=O)CCC(=O)N1CC[C@]2(C1)C(=O)NC[C@@H]2COc1cccnc1. The van der Waals surface area contributed by atoms with Crippen molar-refractivity contribution in [3.8, 4) is 5.75 Å². The van der Waals surface area contributed by atoms with Crippen molar-refractivity contribution in [1.82, 2.24) is 15.2 Å². The Bertz CT molecular complexity index is 783. The normalized spacial score (nSPS) is 25.5. The van der Waals surface area contributed by atoms with Crippen molar-refractivity contribution in [1.29, 1.82) is 0 Å². The molecule has 8 nitrogen and oxygen atoms in total. The van der Waals surface area contributed by atoms with Crippen LogP contribution >= 0.6 is 0 Å². The lowest BCUT2D eigenvalue weighted by atomic mass is 9.77. The molecule has 2 aliphatic rings. The van der Waals surface area contributed by atoms with Gasteiger partial charge in [0.2, 0.25) is 11.8 Å². The Kier molecular flexibility index (Phi) is 5.17. The van der Waals surface area contributed by atoms with Crippen molar-refractivity contribution < 1.29 is 22.7 Å². The average Bonchev–Trinajstić information content (AvgIpc) is 3.18. The molecule has 3 heterocycles. The third-order valence-electron chi connectivity index (χ3n) is 5.17. The number of rotatable bonds is 6. The van der Waals surface area contributed by atoms with Gasteiger partial charge >= 0.3 is 0 Å². The van der Waals surface area contributed by atoms with Crippen molar-refractivity contribution in [3.05, 3.63) is 24.5 Å². The van der Waals surface area contributed by atoms with E-state index in [1.807, 2.05) is 0 Å². The van der Waals surface area contributed by atoms with E-state index in [4.69, 9.17) is 4.74 Å². The Morgan fingerprint density at radius 2 is 2.31 bits per heavy atom. The van der Waals surface area contributed by atoms with E-state index in [2.05, 4.69) is 10.3 Å². The van der Waals surface area contributed by atoms with Crippen LogP contribution in [0.4, 0.5) is 0 Å². The van der Waals surface area contributed by atoms with Crippen molar-refractivity contribution >= 4 is 21.7 Å². The summed E-state index contributed by atoms with van der Waals surface area (Å²) in [5, 5.41) is 2.89. The Labute approximate surface area is 152 Å². The van der Waals surface area contributed by atoms with E-state index in [-0.39, 0.29) is 29.9 Å². The zero-order valence-electron chi connectivity index (χ0n) is 14.7. The highest BCUT2D eigenvalue weighted by Crippen LogP contribution is 2.42. The fraction of sp³-hybridized carbons (Fsp3) is 0.588. The third-order valence-corrected chi connectivity index (χ3v) is 6.11.